The average molecular weight is 531 g/mol. The number of carbonyl (C=O) groups excluding carboxylic acids is 3. The van der Waals surface area contributed by atoms with Gasteiger partial charge in [-0.2, -0.15) is 0 Å². The zero-order valence-corrected chi connectivity index (χ0v) is 20.8. The van der Waals surface area contributed by atoms with Crippen molar-refractivity contribution in [3.8, 4) is 11.1 Å². The molecule has 2 saturated heterocycles. The predicted octanol–water partition coefficient (Wildman–Crippen LogP) is 1.66. The molecule has 11 nitrogen and oxygen atoms in total. The van der Waals surface area contributed by atoms with E-state index in [9.17, 15) is 24.3 Å². The lowest BCUT2D eigenvalue weighted by Gasteiger charge is -2.26. The van der Waals surface area contributed by atoms with Gasteiger partial charge in [0.15, 0.2) is 0 Å². The van der Waals surface area contributed by atoms with Crippen molar-refractivity contribution in [2.75, 3.05) is 13.2 Å². The highest BCUT2D eigenvalue weighted by Gasteiger charge is 2.61. The molecule has 200 valence electrons. The maximum atomic E-state index is 13.4. The number of nitrogens with zero attached hydrogens (tertiary/aromatic N) is 2. The van der Waals surface area contributed by atoms with E-state index >= 15 is 0 Å². The molecule has 1 saturated carbocycles. The Labute approximate surface area is 223 Å². The summed E-state index contributed by atoms with van der Waals surface area (Å²) in [5.74, 6) is -2.70. The fourth-order valence-electron chi connectivity index (χ4n) is 5.62. The van der Waals surface area contributed by atoms with E-state index in [1.807, 2.05) is 48.5 Å². The highest BCUT2D eigenvalue weighted by Crippen LogP contribution is 2.45. The van der Waals surface area contributed by atoms with Crippen LogP contribution in [0.4, 0.5) is 4.79 Å². The van der Waals surface area contributed by atoms with Crippen LogP contribution in [0, 0.1) is 5.92 Å². The van der Waals surface area contributed by atoms with E-state index in [1.54, 1.807) is 0 Å². The van der Waals surface area contributed by atoms with E-state index in [2.05, 4.69) is 22.4 Å². The first-order valence-corrected chi connectivity index (χ1v) is 12.7. The standard InChI is InChI=1S/C28H26N4O7/c1-2-15-12-28(15,26(35)36)30-24(33)22-11-16(13-32(22)25(34)21-14-38-27(37)29-21)39-31-23-19-9-5-3-7-17(19)18-8-4-6-10-20(18)23/h2-10,15-16,21-22H,1,11-14H2,(H,29,37)(H,30,33)(H,35,36)/t15-,16-,21?,22+,28-/m1/s1. The fourth-order valence-corrected chi connectivity index (χ4v) is 5.62. The van der Waals surface area contributed by atoms with Crippen LogP contribution in [0.5, 0.6) is 0 Å². The number of carboxylic acids is 1. The molecule has 2 aliphatic heterocycles. The first kappa shape index (κ1) is 24.7. The third-order valence-corrected chi connectivity index (χ3v) is 7.79. The Hall–Kier alpha value is -4.67. The van der Waals surface area contributed by atoms with Crippen molar-refractivity contribution < 1.29 is 33.9 Å². The highest BCUT2D eigenvalue weighted by atomic mass is 16.6. The van der Waals surface area contributed by atoms with Gasteiger partial charge in [-0.25, -0.2) is 9.59 Å². The largest absolute Gasteiger partial charge is 0.479 e. The molecule has 2 heterocycles. The van der Waals surface area contributed by atoms with Crippen molar-refractivity contribution in [3.05, 3.63) is 72.3 Å². The summed E-state index contributed by atoms with van der Waals surface area (Å²) in [5, 5.41) is 19.3. The Morgan fingerprint density at radius 3 is 2.31 bits per heavy atom. The van der Waals surface area contributed by atoms with Crippen LogP contribution in [0.15, 0.2) is 66.3 Å². The molecule has 2 aromatic rings. The molecule has 0 radical (unpaired) electrons. The average Bonchev–Trinajstić information content (AvgIpc) is 3.23. The molecule has 0 bridgehead atoms. The number of alkyl carbamates (subject to hydrolysis) is 1. The van der Waals surface area contributed by atoms with E-state index in [4.69, 9.17) is 9.57 Å². The monoisotopic (exact) mass is 530 g/mol. The minimum absolute atomic E-state index is 0.0221. The van der Waals surface area contributed by atoms with Gasteiger partial charge < -0.3 is 30.2 Å². The number of ether oxygens (including phenoxy) is 1. The Morgan fingerprint density at radius 2 is 1.77 bits per heavy atom. The lowest BCUT2D eigenvalue weighted by Crippen LogP contribution is -2.55. The van der Waals surface area contributed by atoms with Gasteiger partial charge in [0.2, 0.25) is 11.8 Å². The van der Waals surface area contributed by atoms with Crippen LogP contribution < -0.4 is 10.6 Å². The van der Waals surface area contributed by atoms with E-state index < -0.39 is 53.5 Å². The number of nitrogens with one attached hydrogen (secondary N) is 2. The summed E-state index contributed by atoms with van der Waals surface area (Å²) >= 11 is 0. The van der Waals surface area contributed by atoms with E-state index in [0.29, 0.717) is 5.71 Å². The van der Waals surface area contributed by atoms with Crippen LogP contribution in [0.2, 0.25) is 0 Å². The van der Waals surface area contributed by atoms with Gasteiger partial charge in [-0.15, -0.1) is 6.58 Å². The molecule has 3 amide bonds. The van der Waals surface area contributed by atoms with Gasteiger partial charge in [0.1, 0.15) is 36.0 Å². The second kappa shape index (κ2) is 9.26. The van der Waals surface area contributed by atoms with Crippen LogP contribution in [0.25, 0.3) is 11.1 Å². The molecule has 6 rings (SSSR count). The van der Waals surface area contributed by atoms with Crippen molar-refractivity contribution in [2.24, 2.45) is 11.1 Å². The molecule has 3 fully saturated rings. The molecule has 2 aromatic carbocycles. The topological polar surface area (TPSA) is 147 Å². The van der Waals surface area contributed by atoms with Gasteiger partial charge in [0.05, 0.1) is 6.54 Å². The maximum absolute atomic E-state index is 13.4. The van der Waals surface area contributed by atoms with Crippen molar-refractivity contribution in [1.29, 1.82) is 0 Å². The second-order valence-electron chi connectivity index (χ2n) is 10.1. The number of hydrogen-bond acceptors (Lipinski definition) is 7. The third-order valence-electron chi connectivity index (χ3n) is 7.79. The van der Waals surface area contributed by atoms with Gasteiger partial charge in [0.25, 0.3) is 0 Å². The molecule has 5 atom stereocenters. The first-order valence-electron chi connectivity index (χ1n) is 12.7. The fraction of sp³-hybridized carbons (Fsp3) is 0.321. The number of fused-ring (bicyclic) bond motifs is 3. The van der Waals surface area contributed by atoms with Gasteiger partial charge in [-0.3, -0.25) is 9.59 Å². The summed E-state index contributed by atoms with van der Waals surface area (Å²) in [6.45, 7) is 3.50. The number of rotatable bonds is 7. The van der Waals surface area contributed by atoms with E-state index in [1.165, 1.54) is 11.0 Å². The zero-order chi connectivity index (χ0) is 27.3. The Balaban J connectivity index is 1.25. The molecule has 0 aromatic heterocycles. The predicted molar refractivity (Wildman–Crippen MR) is 138 cm³/mol. The molecule has 11 heteroatoms. The SMILES string of the molecule is C=C[C@@H]1C[C@]1(NC(=O)[C@@H]1C[C@@H](ON=C2c3ccccc3-c3ccccc32)CN1C(=O)C1COC(=O)N1)C(=O)O. The minimum Gasteiger partial charge on any atom is -0.479 e. The van der Waals surface area contributed by atoms with Crippen LogP contribution in [-0.4, -0.2) is 76.5 Å². The number of amides is 3. The maximum Gasteiger partial charge on any atom is 0.407 e. The smallest absolute Gasteiger partial charge is 0.407 e. The number of cyclic esters (lactones) is 1. The minimum atomic E-state index is -1.45. The summed E-state index contributed by atoms with van der Waals surface area (Å²) in [7, 11) is 0. The number of likely N-dealkylation sites (tertiary alicyclic amines) is 1. The van der Waals surface area contributed by atoms with Gasteiger partial charge in [0, 0.05) is 23.5 Å². The lowest BCUT2D eigenvalue weighted by molar-refractivity contribution is -0.145. The number of hydrogen-bond donors (Lipinski definition) is 3. The highest BCUT2D eigenvalue weighted by molar-refractivity contribution is 6.24. The summed E-state index contributed by atoms with van der Waals surface area (Å²) in [6.07, 6.45) is 0.440. The normalized spacial score (nSPS) is 28.1. The quantitative estimate of drug-likeness (QED) is 0.311. The molecular weight excluding hydrogens is 504 g/mol. The summed E-state index contributed by atoms with van der Waals surface area (Å²) in [5.41, 5.74) is 3.10. The van der Waals surface area contributed by atoms with Crippen LogP contribution in [0.3, 0.4) is 0 Å². The molecule has 4 aliphatic rings. The third kappa shape index (κ3) is 4.10. The van der Waals surface area contributed by atoms with Crippen LogP contribution >= 0.6 is 0 Å². The zero-order valence-electron chi connectivity index (χ0n) is 20.8. The van der Waals surface area contributed by atoms with Crippen LogP contribution in [-0.2, 0) is 24.0 Å². The lowest BCUT2D eigenvalue weighted by atomic mass is 10.1. The van der Waals surface area contributed by atoms with Crippen molar-refractivity contribution >= 4 is 29.6 Å². The molecule has 2 aliphatic carbocycles. The van der Waals surface area contributed by atoms with Crippen molar-refractivity contribution in [2.45, 2.75) is 36.6 Å². The van der Waals surface area contributed by atoms with Gasteiger partial charge >= 0.3 is 12.1 Å². The molecule has 1 unspecified atom stereocenters. The number of carbonyl (C=O) groups is 4. The van der Waals surface area contributed by atoms with E-state index in [0.717, 1.165) is 22.3 Å². The molecular formula is C28H26N4O7. The Kier molecular flexibility index (Phi) is 5.86. The Bertz CT molecular complexity index is 1390. The number of oxime groups is 1. The molecule has 0 spiro atoms. The summed E-state index contributed by atoms with van der Waals surface area (Å²) in [6, 6.07) is 13.7. The summed E-state index contributed by atoms with van der Waals surface area (Å²) in [4.78, 5) is 57.4. The Morgan fingerprint density at radius 1 is 1.13 bits per heavy atom. The second-order valence-corrected chi connectivity index (χ2v) is 10.1. The van der Waals surface area contributed by atoms with Crippen molar-refractivity contribution in [1.82, 2.24) is 15.5 Å². The van der Waals surface area contributed by atoms with Crippen molar-refractivity contribution in [3.63, 3.8) is 0 Å². The van der Waals surface area contributed by atoms with Gasteiger partial charge in [-0.1, -0.05) is 59.8 Å². The first-order chi connectivity index (χ1) is 18.8. The van der Waals surface area contributed by atoms with Gasteiger partial charge in [-0.05, 0) is 17.5 Å². The molecule has 3 N–H and O–H groups in total. The van der Waals surface area contributed by atoms with E-state index in [-0.39, 0.29) is 26.0 Å². The number of aliphatic carboxylic acids is 1. The van der Waals surface area contributed by atoms with Crippen LogP contribution in [0.1, 0.15) is 24.0 Å². The number of benzene rings is 2. The summed E-state index contributed by atoms with van der Waals surface area (Å²) < 4.78 is 4.86. The molecule has 39 heavy (non-hydrogen) atoms. The number of carboxylic acid groups (broad SMARTS) is 1.